The normalized spacial score (nSPS) is 23.8. The summed E-state index contributed by atoms with van der Waals surface area (Å²) in [5.74, 6) is 2.75. The van der Waals surface area contributed by atoms with E-state index in [1.807, 2.05) is 11.0 Å². The first-order valence-corrected chi connectivity index (χ1v) is 9.55. The van der Waals surface area contributed by atoms with Crippen molar-refractivity contribution in [3.05, 3.63) is 47.1 Å². The van der Waals surface area contributed by atoms with Crippen LogP contribution in [-0.4, -0.2) is 39.8 Å². The van der Waals surface area contributed by atoms with Crippen LogP contribution in [0.2, 0.25) is 0 Å². The summed E-state index contributed by atoms with van der Waals surface area (Å²) in [7, 11) is 0. The first kappa shape index (κ1) is 15.7. The lowest BCUT2D eigenvalue weighted by atomic mass is 9.95. The van der Waals surface area contributed by atoms with Gasteiger partial charge >= 0.3 is 0 Å². The van der Waals surface area contributed by atoms with Gasteiger partial charge in [-0.15, -0.1) is 11.8 Å². The molecule has 0 spiro atoms. The summed E-state index contributed by atoms with van der Waals surface area (Å²) in [6, 6.07) is 8.35. The van der Waals surface area contributed by atoms with Gasteiger partial charge in [0.05, 0.1) is 0 Å². The van der Waals surface area contributed by atoms with E-state index in [-0.39, 0.29) is 17.1 Å². The monoisotopic (exact) mass is 343 g/mol. The van der Waals surface area contributed by atoms with Crippen LogP contribution in [0.1, 0.15) is 46.9 Å². The maximum absolute atomic E-state index is 13.1. The highest BCUT2D eigenvalue weighted by Gasteiger charge is 2.34. The van der Waals surface area contributed by atoms with Crippen molar-refractivity contribution in [3.63, 3.8) is 0 Å². The Labute approximate surface area is 145 Å². The highest BCUT2D eigenvalue weighted by atomic mass is 32.2. The summed E-state index contributed by atoms with van der Waals surface area (Å²) < 4.78 is 5.11. The quantitative estimate of drug-likeness (QED) is 0.838. The van der Waals surface area contributed by atoms with E-state index in [2.05, 4.69) is 28.3 Å². The summed E-state index contributed by atoms with van der Waals surface area (Å²) >= 11 is 1.77. The Bertz CT molecular complexity index is 745. The zero-order valence-electron chi connectivity index (χ0n) is 13.8. The molecule has 0 N–H and O–H groups in total. The Morgan fingerprint density at radius 3 is 3.08 bits per heavy atom. The highest BCUT2D eigenvalue weighted by molar-refractivity contribution is 8.00. The lowest BCUT2D eigenvalue weighted by molar-refractivity contribution is -0.132. The van der Waals surface area contributed by atoms with Crippen molar-refractivity contribution in [2.45, 2.75) is 37.4 Å². The number of carbonyl (C=O) groups is 1. The van der Waals surface area contributed by atoms with E-state index in [1.165, 1.54) is 11.1 Å². The van der Waals surface area contributed by atoms with Crippen molar-refractivity contribution in [2.75, 3.05) is 18.8 Å². The van der Waals surface area contributed by atoms with E-state index in [9.17, 15) is 4.79 Å². The van der Waals surface area contributed by atoms with Crippen LogP contribution in [0.15, 0.2) is 28.8 Å². The molecule has 1 fully saturated rings. The van der Waals surface area contributed by atoms with Crippen molar-refractivity contribution in [1.29, 1.82) is 0 Å². The second-order valence-corrected chi connectivity index (χ2v) is 7.71. The average molecular weight is 343 g/mol. The van der Waals surface area contributed by atoms with Gasteiger partial charge in [-0.1, -0.05) is 29.4 Å². The smallest absolute Gasteiger partial charge is 0.240 e. The molecule has 2 atom stereocenters. The van der Waals surface area contributed by atoms with Crippen molar-refractivity contribution >= 4 is 17.7 Å². The van der Waals surface area contributed by atoms with Gasteiger partial charge in [0.2, 0.25) is 11.8 Å². The zero-order chi connectivity index (χ0) is 16.5. The topological polar surface area (TPSA) is 59.2 Å². The molecular formula is C18H21N3O2S. The number of nitrogens with zero attached hydrogens (tertiary/aromatic N) is 3. The standard InChI is InChI=1S/C18H21N3O2S/c1-12-19-17(20-23-12)14-6-4-9-21(11-14)18(22)16-15-7-3-2-5-13(15)8-10-24-16/h2-3,5,7,14,16H,4,6,8-11H2,1H3/t14-,16+/m0/s1. The van der Waals surface area contributed by atoms with Crippen LogP contribution in [0.4, 0.5) is 0 Å². The number of amides is 1. The molecule has 3 heterocycles. The van der Waals surface area contributed by atoms with Crippen molar-refractivity contribution in [3.8, 4) is 0 Å². The minimum Gasteiger partial charge on any atom is -0.341 e. The molecule has 1 amide bonds. The zero-order valence-corrected chi connectivity index (χ0v) is 14.6. The van der Waals surface area contributed by atoms with Crippen molar-refractivity contribution < 1.29 is 9.32 Å². The molecule has 1 saturated heterocycles. The van der Waals surface area contributed by atoms with Gasteiger partial charge in [-0.05, 0) is 36.1 Å². The molecule has 6 heteroatoms. The van der Waals surface area contributed by atoms with Crippen LogP contribution in [0, 0.1) is 6.92 Å². The second-order valence-electron chi connectivity index (χ2n) is 6.49. The molecular weight excluding hydrogens is 322 g/mol. The number of piperidine rings is 1. The minimum atomic E-state index is -0.0688. The van der Waals surface area contributed by atoms with E-state index in [1.54, 1.807) is 18.7 Å². The van der Waals surface area contributed by atoms with Crippen LogP contribution in [-0.2, 0) is 11.2 Å². The third kappa shape index (κ3) is 2.95. The van der Waals surface area contributed by atoms with Crippen LogP contribution >= 0.6 is 11.8 Å². The fourth-order valence-corrected chi connectivity index (χ4v) is 4.91. The van der Waals surface area contributed by atoms with Crippen LogP contribution < -0.4 is 0 Å². The molecule has 0 saturated carbocycles. The highest BCUT2D eigenvalue weighted by Crippen LogP contribution is 2.39. The Hall–Kier alpha value is -1.82. The van der Waals surface area contributed by atoms with E-state index < -0.39 is 0 Å². The predicted molar refractivity (Wildman–Crippen MR) is 92.9 cm³/mol. The van der Waals surface area contributed by atoms with Crippen LogP contribution in [0.25, 0.3) is 0 Å². The van der Waals surface area contributed by atoms with Gasteiger partial charge in [0, 0.05) is 25.9 Å². The number of hydrogen-bond donors (Lipinski definition) is 0. The Morgan fingerprint density at radius 1 is 1.38 bits per heavy atom. The lowest BCUT2D eigenvalue weighted by Crippen LogP contribution is -2.42. The summed E-state index contributed by atoms with van der Waals surface area (Å²) in [6.45, 7) is 3.32. The number of aromatic nitrogens is 2. The third-order valence-electron chi connectivity index (χ3n) is 4.86. The molecule has 2 aromatic rings. The lowest BCUT2D eigenvalue weighted by Gasteiger charge is -2.35. The largest absolute Gasteiger partial charge is 0.341 e. The van der Waals surface area contributed by atoms with Crippen LogP contribution in [0.3, 0.4) is 0 Å². The molecule has 4 rings (SSSR count). The third-order valence-corrected chi connectivity index (χ3v) is 6.09. The van der Waals surface area contributed by atoms with Crippen molar-refractivity contribution in [2.24, 2.45) is 0 Å². The number of hydrogen-bond acceptors (Lipinski definition) is 5. The van der Waals surface area contributed by atoms with Gasteiger partial charge in [0.15, 0.2) is 5.82 Å². The molecule has 24 heavy (non-hydrogen) atoms. The number of rotatable bonds is 2. The SMILES string of the molecule is Cc1nc([C@H]2CCCN(C(=O)[C@@H]3SCCc4ccccc43)C2)no1. The van der Waals surface area contributed by atoms with E-state index in [0.717, 1.165) is 37.4 Å². The molecule has 0 aliphatic carbocycles. The van der Waals surface area contributed by atoms with Gasteiger partial charge in [-0.3, -0.25) is 4.79 Å². The first-order chi connectivity index (χ1) is 11.7. The number of thioether (sulfide) groups is 1. The summed E-state index contributed by atoms with van der Waals surface area (Å²) in [4.78, 5) is 19.5. The maximum atomic E-state index is 13.1. The molecule has 126 valence electrons. The molecule has 2 aliphatic heterocycles. The Balaban J connectivity index is 1.52. The van der Waals surface area contributed by atoms with E-state index in [0.29, 0.717) is 12.4 Å². The first-order valence-electron chi connectivity index (χ1n) is 8.51. The number of fused-ring (bicyclic) bond motifs is 1. The van der Waals surface area contributed by atoms with Gasteiger partial charge < -0.3 is 9.42 Å². The molecule has 1 aromatic heterocycles. The summed E-state index contributed by atoms with van der Waals surface area (Å²) in [5.41, 5.74) is 2.51. The van der Waals surface area contributed by atoms with Crippen molar-refractivity contribution in [1.82, 2.24) is 15.0 Å². The van der Waals surface area contributed by atoms with E-state index >= 15 is 0 Å². The maximum Gasteiger partial charge on any atom is 0.240 e. The van der Waals surface area contributed by atoms with Gasteiger partial charge in [-0.25, -0.2) is 0 Å². The van der Waals surface area contributed by atoms with Gasteiger partial charge in [0.25, 0.3) is 0 Å². The number of aryl methyl sites for hydroxylation is 2. The minimum absolute atomic E-state index is 0.0688. The number of likely N-dealkylation sites (tertiary alicyclic amines) is 1. The fourth-order valence-electron chi connectivity index (χ4n) is 3.63. The summed E-state index contributed by atoms with van der Waals surface area (Å²) in [5, 5.41) is 3.98. The number of carbonyl (C=O) groups excluding carboxylic acids is 1. The number of benzene rings is 1. The second kappa shape index (κ2) is 6.59. The predicted octanol–water partition coefficient (Wildman–Crippen LogP) is 3.11. The summed E-state index contributed by atoms with van der Waals surface area (Å²) in [6.07, 6.45) is 3.05. The van der Waals surface area contributed by atoms with E-state index in [4.69, 9.17) is 4.52 Å². The average Bonchev–Trinajstić information content (AvgIpc) is 3.07. The molecule has 0 radical (unpaired) electrons. The van der Waals surface area contributed by atoms with Gasteiger partial charge in [0.1, 0.15) is 5.25 Å². The van der Waals surface area contributed by atoms with Crippen LogP contribution in [0.5, 0.6) is 0 Å². The molecule has 0 bridgehead atoms. The van der Waals surface area contributed by atoms with Gasteiger partial charge in [-0.2, -0.15) is 4.98 Å². The Kier molecular flexibility index (Phi) is 4.31. The molecule has 2 aliphatic rings. The molecule has 1 aromatic carbocycles. The molecule has 5 nitrogen and oxygen atoms in total. The molecule has 0 unspecified atom stereocenters. The fraction of sp³-hybridized carbons (Fsp3) is 0.500. The Morgan fingerprint density at radius 2 is 2.25 bits per heavy atom.